The first-order valence-corrected chi connectivity index (χ1v) is 9.70. The van der Waals surface area contributed by atoms with E-state index < -0.39 is 34.6 Å². The zero-order chi connectivity index (χ0) is 21.3. The summed E-state index contributed by atoms with van der Waals surface area (Å²) in [5, 5.41) is 7.09. The first-order chi connectivity index (χ1) is 13.7. The molecule has 29 heavy (non-hydrogen) atoms. The second kappa shape index (κ2) is 7.82. The highest BCUT2D eigenvalue weighted by molar-refractivity contribution is 7.80. The van der Waals surface area contributed by atoms with Crippen LogP contribution >= 0.6 is 0 Å². The molecular formula is C13H20N8O7S. The number of nitrogens with zero attached hydrogens (tertiary/aromatic N) is 5. The molecular weight excluding hydrogens is 412 g/mol. The van der Waals surface area contributed by atoms with Crippen molar-refractivity contribution in [2.24, 2.45) is 17.8 Å². The van der Waals surface area contributed by atoms with Crippen LogP contribution in [0, 0.1) is 0 Å². The van der Waals surface area contributed by atoms with E-state index >= 15 is 0 Å². The van der Waals surface area contributed by atoms with Crippen molar-refractivity contribution in [1.82, 2.24) is 30.5 Å². The van der Waals surface area contributed by atoms with Crippen LogP contribution in [0.1, 0.15) is 23.3 Å². The van der Waals surface area contributed by atoms with E-state index in [0.717, 1.165) is 0 Å². The Balaban J connectivity index is 1.91. The third kappa shape index (κ3) is 3.95. The molecule has 160 valence electrons. The van der Waals surface area contributed by atoms with Crippen molar-refractivity contribution in [2.45, 2.75) is 12.1 Å². The Morgan fingerprint density at radius 1 is 1.52 bits per heavy atom. The number of aromatic nitrogens is 2. The molecule has 1 aromatic heterocycles. The normalized spacial score (nSPS) is 21.2. The molecule has 0 unspecified atom stereocenters. The van der Waals surface area contributed by atoms with Gasteiger partial charge < -0.3 is 20.8 Å². The van der Waals surface area contributed by atoms with Gasteiger partial charge in [0.15, 0.2) is 5.84 Å². The van der Waals surface area contributed by atoms with Gasteiger partial charge in [-0.05, 0) is 0 Å². The molecule has 1 fully saturated rings. The van der Waals surface area contributed by atoms with E-state index in [1.165, 1.54) is 22.8 Å². The fourth-order valence-corrected chi connectivity index (χ4v) is 3.61. The van der Waals surface area contributed by atoms with Crippen molar-refractivity contribution in [3.05, 3.63) is 17.5 Å². The van der Waals surface area contributed by atoms with Crippen molar-refractivity contribution in [1.29, 1.82) is 0 Å². The molecule has 0 aliphatic carbocycles. The third-order valence-corrected chi connectivity index (χ3v) is 4.72. The number of aryl methyl sites for hydroxylation is 1. The molecule has 3 rings (SSSR count). The Labute approximate surface area is 165 Å². The van der Waals surface area contributed by atoms with Crippen molar-refractivity contribution < 1.29 is 31.7 Å². The molecule has 2 bridgehead atoms. The second-order valence-corrected chi connectivity index (χ2v) is 7.11. The van der Waals surface area contributed by atoms with Crippen molar-refractivity contribution in [2.75, 3.05) is 26.7 Å². The fraction of sp³-hybridized carbons (Fsp3) is 0.538. The quantitative estimate of drug-likeness (QED) is 0.178. The molecule has 0 aromatic carbocycles. The monoisotopic (exact) mass is 432 g/mol. The number of aliphatic imine (C=N–C) groups is 1. The van der Waals surface area contributed by atoms with Gasteiger partial charge in [0.1, 0.15) is 12.1 Å². The molecule has 0 spiro atoms. The van der Waals surface area contributed by atoms with E-state index in [2.05, 4.69) is 25.2 Å². The standard InChI is InChI=1S/C13H20N8O7S/c1-15-11(18-27-12(22)16-4-3-14)10-9-7(5-17-19(9)2)8-6-20(10)13(23)21(8)28-29(24,25)26/h5,8,10H,3-4,6,14H2,1-2H3,(H,15,18)(H,16,22)(H,24,25,26)/t8-,10-/m0/s1. The Morgan fingerprint density at radius 3 is 2.86 bits per heavy atom. The Kier molecular flexibility index (Phi) is 5.60. The number of nitrogens with two attached hydrogens (primary N) is 1. The number of hydrogen-bond acceptors (Lipinski definition) is 9. The third-order valence-electron chi connectivity index (χ3n) is 4.37. The summed E-state index contributed by atoms with van der Waals surface area (Å²) in [7, 11) is -1.89. The summed E-state index contributed by atoms with van der Waals surface area (Å²) in [4.78, 5) is 34.6. The number of nitrogens with one attached hydrogen (secondary N) is 2. The molecule has 0 radical (unpaired) electrons. The lowest BCUT2D eigenvalue weighted by molar-refractivity contribution is -0.0316. The number of urea groups is 1. The van der Waals surface area contributed by atoms with Gasteiger partial charge in [0, 0.05) is 32.7 Å². The van der Waals surface area contributed by atoms with Gasteiger partial charge in [-0.15, -0.1) is 4.28 Å². The van der Waals surface area contributed by atoms with Gasteiger partial charge >= 0.3 is 22.5 Å². The SMILES string of the molecule is CN=C(NOC(=O)NCCN)[C@@H]1c2c(cnn2C)[C@@H]2CN1C(=O)N2OS(=O)(=O)O. The Bertz CT molecular complexity index is 945. The minimum absolute atomic E-state index is 0.0256. The summed E-state index contributed by atoms with van der Waals surface area (Å²) in [5.74, 6) is 0.0817. The Morgan fingerprint density at radius 2 is 2.24 bits per heavy atom. The van der Waals surface area contributed by atoms with Gasteiger partial charge in [-0.1, -0.05) is 0 Å². The maximum atomic E-state index is 12.8. The van der Waals surface area contributed by atoms with Gasteiger partial charge in [0.2, 0.25) is 0 Å². The second-order valence-electron chi connectivity index (χ2n) is 6.11. The number of amides is 3. The molecule has 3 heterocycles. The van der Waals surface area contributed by atoms with Crippen LogP contribution in [0.5, 0.6) is 0 Å². The van der Waals surface area contributed by atoms with Crippen molar-refractivity contribution >= 4 is 28.4 Å². The number of carbonyl (C=O) groups excluding carboxylic acids is 2. The van der Waals surface area contributed by atoms with Crippen LogP contribution in [0.15, 0.2) is 11.2 Å². The van der Waals surface area contributed by atoms with Gasteiger partial charge in [-0.2, -0.15) is 18.6 Å². The minimum atomic E-state index is -4.93. The topological polar surface area (TPSA) is 194 Å². The minimum Gasteiger partial charge on any atom is -0.329 e. The summed E-state index contributed by atoms with van der Waals surface area (Å²) in [6.45, 7) is 0.443. The average Bonchev–Trinajstić information content (AvgIpc) is 3.16. The highest BCUT2D eigenvalue weighted by atomic mass is 32.3. The lowest BCUT2D eigenvalue weighted by Gasteiger charge is -2.31. The van der Waals surface area contributed by atoms with Crippen LogP contribution in [0.4, 0.5) is 9.59 Å². The van der Waals surface area contributed by atoms with E-state index in [-0.39, 0.29) is 25.5 Å². The van der Waals surface area contributed by atoms with Crippen molar-refractivity contribution in [3.8, 4) is 0 Å². The number of amidine groups is 1. The van der Waals surface area contributed by atoms with E-state index in [9.17, 15) is 18.0 Å². The molecule has 0 saturated carbocycles. The van der Waals surface area contributed by atoms with Gasteiger partial charge in [0.05, 0.1) is 18.4 Å². The Hall–Kier alpha value is -2.95. The lowest BCUT2D eigenvalue weighted by Crippen LogP contribution is -2.46. The molecule has 2 atom stereocenters. The first-order valence-electron chi connectivity index (χ1n) is 8.34. The predicted molar refractivity (Wildman–Crippen MR) is 95.3 cm³/mol. The largest absolute Gasteiger partial charge is 0.431 e. The zero-order valence-corrected chi connectivity index (χ0v) is 16.3. The summed E-state index contributed by atoms with van der Waals surface area (Å²) in [5.41, 5.74) is 8.69. The van der Waals surface area contributed by atoms with Gasteiger partial charge in [0.25, 0.3) is 0 Å². The number of hydrogen-bond donors (Lipinski definition) is 4. The van der Waals surface area contributed by atoms with Crippen LogP contribution in [0.25, 0.3) is 0 Å². The summed E-state index contributed by atoms with van der Waals surface area (Å²) >= 11 is 0. The first kappa shape index (κ1) is 20.8. The molecule has 2 aliphatic heterocycles. The number of rotatable bonds is 5. The summed E-state index contributed by atoms with van der Waals surface area (Å²) in [6, 6.07) is -2.54. The average molecular weight is 432 g/mol. The maximum absolute atomic E-state index is 12.8. The van der Waals surface area contributed by atoms with E-state index in [1.54, 1.807) is 7.05 Å². The molecule has 1 aromatic rings. The zero-order valence-electron chi connectivity index (χ0n) is 15.5. The summed E-state index contributed by atoms with van der Waals surface area (Å²) in [6.07, 6.45) is 0.644. The smallest absolute Gasteiger partial charge is 0.329 e. The van der Waals surface area contributed by atoms with Crippen LogP contribution in [0.2, 0.25) is 0 Å². The molecule has 3 amide bonds. The lowest BCUT2D eigenvalue weighted by atomic mass is 9.97. The predicted octanol–water partition coefficient (Wildman–Crippen LogP) is -1.79. The highest BCUT2D eigenvalue weighted by Gasteiger charge is 2.53. The van der Waals surface area contributed by atoms with Crippen LogP contribution in [-0.2, 0) is 26.6 Å². The molecule has 2 aliphatic rings. The summed E-state index contributed by atoms with van der Waals surface area (Å²) < 4.78 is 37.3. The van der Waals surface area contributed by atoms with Gasteiger partial charge in [-0.25, -0.2) is 15.1 Å². The van der Waals surface area contributed by atoms with Crippen LogP contribution < -0.4 is 16.5 Å². The van der Waals surface area contributed by atoms with Crippen LogP contribution in [-0.4, -0.2) is 77.4 Å². The van der Waals surface area contributed by atoms with E-state index in [1.807, 2.05) is 0 Å². The van der Waals surface area contributed by atoms with Crippen molar-refractivity contribution in [3.63, 3.8) is 0 Å². The number of carbonyl (C=O) groups is 2. The van der Waals surface area contributed by atoms with Gasteiger partial charge in [-0.3, -0.25) is 14.2 Å². The van der Waals surface area contributed by atoms with Crippen LogP contribution in [0.3, 0.4) is 0 Å². The number of fused-ring (bicyclic) bond motifs is 4. The molecule has 5 N–H and O–H groups in total. The molecule has 16 heteroatoms. The fourth-order valence-electron chi connectivity index (χ4n) is 3.24. The number of hydroxylamine groups is 3. The molecule has 15 nitrogen and oxygen atoms in total. The van der Waals surface area contributed by atoms with E-state index in [0.29, 0.717) is 16.3 Å². The molecule has 1 saturated heterocycles. The highest BCUT2D eigenvalue weighted by Crippen LogP contribution is 2.44. The maximum Gasteiger partial charge on any atom is 0.431 e. The van der Waals surface area contributed by atoms with E-state index in [4.69, 9.17) is 15.1 Å².